The van der Waals surface area contributed by atoms with Crippen LogP contribution in [0, 0.1) is 11.8 Å². The van der Waals surface area contributed by atoms with Crippen LogP contribution >= 0.6 is 27.5 Å². The van der Waals surface area contributed by atoms with Crippen molar-refractivity contribution < 1.29 is 19.1 Å². The summed E-state index contributed by atoms with van der Waals surface area (Å²) in [5, 5.41) is 0.425. The van der Waals surface area contributed by atoms with Crippen LogP contribution in [0.25, 0.3) is 6.08 Å². The molecule has 2 fully saturated rings. The van der Waals surface area contributed by atoms with Gasteiger partial charge in [-0.05, 0) is 64.0 Å². The number of hydrogen-bond acceptors (Lipinski definition) is 5. The van der Waals surface area contributed by atoms with Crippen LogP contribution < -0.4 is 14.5 Å². The number of amides is 2. The van der Waals surface area contributed by atoms with Gasteiger partial charge < -0.3 is 9.64 Å². The minimum atomic E-state index is -0.855. The summed E-state index contributed by atoms with van der Waals surface area (Å²) in [5.74, 6) is -1.88. The van der Waals surface area contributed by atoms with Crippen molar-refractivity contribution in [2.75, 3.05) is 16.9 Å². The Morgan fingerprint density at radius 1 is 0.972 bits per heavy atom. The van der Waals surface area contributed by atoms with Crippen molar-refractivity contribution >= 4 is 62.6 Å². The maximum absolute atomic E-state index is 14.1. The predicted octanol–water partition coefficient (Wildman–Crippen LogP) is 5.38. The Bertz CT molecular complexity index is 1470. The third-order valence-electron chi connectivity index (χ3n) is 7.19. The molecule has 0 aromatic heterocycles. The first kappa shape index (κ1) is 23.0. The second-order valence-electron chi connectivity index (χ2n) is 9.02. The molecule has 8 heteroatoms. The van der Waals surface area contributed by atoms with Crippen LogP contribution in [0.4, 0.5) is 11.4 Å². The van der Waals surface area contributed by atoms with Crippen molar-refractivity contribution in [2.45, 2.75) is 12.1 Å². The van der Waals surface area contributed by atoms with Crippen LogP contribution in [0.2, 0.25) is 5.02 Å². The number of hydrogen-bond donors (Lipinski definition) is 0. The Hall–Kier alpha value is -3.42. The minimum Gasteiger partial charge on any atom is -0.496 e. The topological polar surface area (TPSA) is 66.9 Å². The zero-order valence-corrected chi connectivity index (χ0v) is 21.4. The molecule has 4 unspecified atom stereocenters. The zero-order chi connectivity index (χ0) is 25.1. The standard InChI is InChI=1S/C28H20BrClN2O4/c1-36-22-12-10-16(13-19(22)29)26(33)25-24-23(21-11-9-15-5-2-3-8-20(15)32(21)25)27(34)31(28(24)35)18-7-4-6-17(30)14-18/h2-14,21,23-25H,1H3. The van der Waals surface area contributed by atoms with Crippen LogP contribution in [0.3, 0.4) is 0 Å². The summed E-state index contributed by atoms with van der Waals surface area (Å²) in [5.41, 5.74) is 2.62. The number of carbonyl (C=O) groups is 3. The number of ketones is 1. The molecule has 0 aliphatic carbocycles. The Balaban J connectivity index is 1.49. The summed E-state index contributed by atoms with van der Waals surface area (Å²) in [6.45, 7) is 0. The molecular formula is C28H20BrClN2O4. The first-order valence-electron chi connectivity index (χ1n) is 11.5. The second kappa shape index (κ2) is 8.61. The average molecular weight is 564 g/mol. The number of methoxy groups -OCH3 is 1. The molecule has 4 atom stereocenters. The fraction of sp³-hybridized carbons (Fsp3) is 0.179. The number of benzene rings is 3. The van der Waals surface area contributed by atoms with Crippen LogP contribution in [0.1, 0.15) is 15.9 Å². The summed E-state index contributed by atoms with van der Waals surface area (Å²) < 4.78 is 5.95. The number of para-hydroxylation sites is 1. The van der Waals surface area contributed by atoms with Crippen LogP contribution in [0.5, 0.6) is 5.75 Å². The van der Waals surface area contributed by atoms with Gasteiger partial charge in [0.2, 0.25) is 11.8 Å². The van der Waals surface area contributed by atoms with E-state index in [0.717, 1.165) is 11.3 Å². The molecular weight excluding hydrogens is 544 g/mol. The molecule has 0 saturated carbocycles. The maximum atomic E-state index is 14.1. The highest BCUT2D eigenvalue weighted by Gasteiger charge is 2.64. The molecule has 180 valence electrons. The van der Waals surface area contributed by atoms with E-state index in [1.807, 2.05) is 41.3 Å². The van der Waals surface area contributed by atoms with Gasteiger partial charge in [0.1, 0.15) is 11.8 Å². The molecule has 3 aliphatic rings. The van der Waals surface area contributed by atoms with E-state index < -0.39 is 29.8 Å². The number of ether oxygens (including phenoxy) is 1. The predicted molar refractivity (Wildman–Crippen MR) is 141 cm³/mol. The molecule has 2 saturated heterocycles. The number of rotatable bonds is 4. The molecule has 0 N–H and O–H groups in total. The lowest BCUT2D eigenvalue weighted by atomic mass is 9.86. The maximum Gasteiger partial charge on any atom is 0.240 e. The molecule has 2 amide bonds. The smallest absolute Gasteiger partial charge is 0.240 e. The van der Waals surface area contributed by atoms with E-state index in [1.54, 1.807) is 49.6 Å². The Kier molecular flexibility index (Phi) is 5.50. The van der Waals surface area contributed by atoms with Gasteiger partial charge in [0, 0.05) is 16.3 Å². The molecule has 3 aromatic carbocycles. The first-order chi connectivity index (χ1) is 17.4. The van der Waals surface area contributed by atoms with Gasteiger partial charge in [-0.2, -0.15) is 0 Å². The van der Waals surface area contributed by atoms with Gasteiger partial charge >= 0.3 is 0 Å². The Morgan fingerprint density at radius 3 is 2.50 bits per heavy atom. The van der Waals surface area contributed by atoms with Gasteiger partial charge in [-0.15, -0.1) is 0 Å². The highest BCUT2D eigenvalue weighted by molar-refractivity contribution is 9.10. The van der Waals surface area contributed by atoms with E-state index in [0.29, 0.717) is 26.5 Å². The average Bonchev–Trinajstić information content (AvgIpc) is 3.36. The number of carbonyl (C=O) groups excluding carboxylic acids is 3. The fourth-order valence-electron chi connectivity index (χ4n) is 5.67. The van der Waals surface area contributed by atoms with Crippen LogP contribution in [-0.4, -0.2) is 36.8 Å². The van der Waals surface area contributed by atoms with Crippen molar-refractivity contribution in [3.05, 3.63) is 93.4 Å². The number of anilines is 2. The number of Topliss-reactive ketones (excluding diaryl/α,β-unsaturated/α-hetero) is 1. The summed E-state index contributed by atoms with van der Waals surface area (Å²) in [4.78, 5) is 45.0. The summed E-state index contributed by atoms with van der Waals surface area (Å²) in [7, 11) is 1.55. The molecule has 0 spiro atoms. The van der Waals surface area contributed by atoms with Gasteiger partial charge in [-0.1, -0.05) is 48.0 Å². The SMILES string of the molecule is COc1ccc(C(=O)C2C3C(=O)N(c4cccc(Cl)c4)C(=O)C3C3C=Cc4ccccc4N32)cc1Br. The Labute approximate surface area is 221 Å². The molecule has 3 aromatic rings. The number of halogens is 2. The summed E-state index contributed by atoms with van der Waals surface area (Å²) in [6.07, 6.45) is 3.90. The molecule has 3 aliphatic heterocycles. The van der Waals surface area contributed by atoms with E-state index in [1.165, 1.54) is 4.90 Å². The lowest BCUT2D eigenvalue weighted by Gasteiger charge is -2.36. The quantitative estimate of drug-likeness (QED) is 0.315. The van der Waals surface area contributed by atoms with Crippen molar-refractivity contribution in [1.29, 1.82) is 0 Å². The van der Waals surface area contributed by atoms with Gasteiger partial charge in [0.25, 0.3) is 0 Å². The fourth-order valence-corrected chi connectivity index (χ4v) is 6.40. The molecule has 0 radical (unpaired) electrons. The Morgan fingerprint density at radius 2 is 1.75 bits per heavy atom. The number of imide groups is 1. The van der Waals surface area contributed by atoms with E-state index in [4.69, 9.17) is 16.3 Å². The summed E-state index contributed by atoms with van der Waals surface area (Å²) >= 11 is 9.63. The lowest BCUT2D eigenvalue weighted by Crippen LogP contribution is -2.48. The van der Waals surface area contributed by atoms with Crippen molar-refractivity contribution in [3.63, 3.8) is 0 Å². The number of nitrogens with zero attached hydrogens (tertiary/aromatic N) is 2. The summed E-state index contributed by atoms with van der Waals surface area (Å²) in [6, 6.07) is 18.2. The molecule has 6 nitrogen and oxygen atoms in total. The van der Waals surface area contributed by atoms with Crippen molar-refractivity contribution in [1.82, 2.24) is 0 Å². The highest BCUT2D eigenvalue weighted by Crippen LogP contribution is 2.50. The van der Waals surface area contributed by atoms with E-state index in [-0.39, 0.29) is 11.7 Å². The largest absolute Gasteiger partial charge is 0.496 e. The van der Waals surface area contributed by atoms with Crippen LogP contribution in [0.15, 0.2) is 77.3 Å². The molecule has 3 heterocycles. The molecule has 6 rings (SSSR count). The monoisotopic (exact) mass is 562 g/mol. The second-order valence-corrected chi connectivity index (χ2v) is 10.3. The third-order valence-corrected chi connectivity index (χ3v) is 8.04. The molecule has 0 bridgehead atoms. The normalized spacial score (nSPS) is 24.0. The zero-order valence-electron chi connectivity index (χ0n) is 19.1. The minimum absolute atomic E-state index is 0.227. The van der Waals surface area contributed by atoms with E-state index in [2.05, 4.69) is 15.9 Å². The van der Waals surface area contributed by atoms with Crippen molar-refractivity contribution in [2.24, 2.45) is 11.8 Å². The van der Waals surface area contributed by atoms with Gasteiger partial charge in [-0.3, -0.25) is 14.4 Å². The van der Waals surface area contributed by atoms with E-state index >= 15 is 0 Å². The van der Waals surface area contributed by atoms with Crippen molar-refractivity contribution in [3.8, 4) is 5.75 Å². The number of fused-ring (bicyclic) bond motifs is 5. The highest BCUT2D eigenvalue weighted by atomic mass is 79.9. The molecule has 36 heavy (non-hydrogen) atoms. The first-order valence-corrected chi connectivity index (χ1v) is 12.6. The third kappa shape index (κ3) is 3.33. The van der Waals surface area contributed by atoms with E-state index in [9.17, 15) is 14.4 Å². The lowest BCUT2D eigenvalue weighted by molar-refractivity contribution is -0.122. The van der Waals surface area contributed by atoms with Crippen LogP contribution in [-0.2, 0) is 9.59 Å². The van der Waals surface area contributed by atoms with Gasteiger partial charge in [0.15, 0.2) is 5.78 Å². The van der Waals surface area contributed by atoms with Gasteiger partial charge in [-0.25, -0.2) is 4.90 Å². The van der Waals surface area contributed by atoms with Gasteiger partial charge in [0.05, 0.1) is 35.1 Å².